The van der Waals surface area contributed by atoms with Crippen molar-refractivity contribution >= 4 is 13.8 Å². The van der Waals surface area contributed by atoms with Gasteiger partial charge in [-0.15, -0.1) is 0 Å². The molecule has 2 rings (SSSR count). The van der Waals surface area contributed by atoms with Gasteiger partial charge in [-0.05, 0) is 7.05 Å². The lowest BCUT2D eigenvalue weighted by molar-refractivity contribution is -0.130. The smallest absolute Gasteiger partial charge is 0.246 e. The number of rotatable bonds is 12. The van der Waals surface area contributed by atoms with E-state index >= 15 is 0 Å². The average Bonchev–Trinajstić information content (AvgIpc) is 2.98. The number of nitrogens with one attached hydrogen (secondary N) is 1. The summed E-state index contributed by atoms with van der Waals surface area (Å²) in [4.78, 5) is 16.7. The number of hydrogen-bond acceptors (Lipinski definition) is 8. The van der Waals surface area contributed by atoms with E-state index in [0.717, 1.165) is 32.7 Å². The second kappa shape index (κ2) is 12.7. The SMILES string of the molecule is [B][C@@H]1O[C@H](COC)C(OC)[C@@H]1OCC(=O)NCCOCCN1CCN(C)CC1. The Kier molecular flexibility index (Phi) is 10.7. The van der Waals surface area contributed by atoms with Gasteiger partial charge in [0.05, 0.1) is 19.8 Å². The largest absolute Gasteiger partial charge is 0.382 e. The van der Waals surface area contributed by atoms with Gasteiger partial charge in [-0.2, -0.15) is 0 Å². The molecule has 4 atom stereocenters. The van der Waals surface area contributed by atoms with Crippen molar-refractivity contribution in [2.45, 2.75) is 24.3 Å². The molecule has 2 aliphatic rings. The number of methoxy groups -OCH3 is 2. The van der Waals surface area contributed by atoms with E-state index in [-0.39, 0.29) is 24.7 Å². The topological polar surface area (TPSA) is 81.7 Å². The highest BCUT2D eigenvalue weighted by atomic mass is 16.6. The maximum atomic E-state index is 12.0. The van der Waals surface area contributed by atoms with Gasteiger partial charge < -0.3 is 33.9 Å². The van der Waals surface area contributed by atoms with Crippen LogP contribution in [0.15, 0.2) is 0 Å². The fraction of sp³-hybridized carbons (Fsp3) is 0.944. The summed E-state index contributed by atoms with van der Waals surface area (Å²) in [6.07, 6.45) is -1.21. The lowest BCUT2D eigenvalue weighted by atomic mass is 9.93. The number of ether oxygens (including phenoxy) is 5. The second-order valence-electron chi connectivity index (χ2n) is 7.18. The zero-order valence-corrected chi connectivity index (χ0v) is 17.3. The molecule has 10 heteroatoms. The molecule has 0 aliphatic carbocycles. The molecule has 9 nitrogen and oxygen atoms in total. The Balaban J connectivity index is 1.52. The minimum atomic E-state index is -0.657. The molecule has 160 valence electrons. The number of carbonyl (C=O) groups excluding carboxylic acids is 1. The van der Waals surface area contributed by atoms with Gasteiger partial charge in [0.25, 0.3) is 0 Å². The lowest BCUT2D eigenvalue weighted by Gasteiger charge is -2.32. The van der Waals surface area contributed by atoms with Crippen LogP contribution in [-0.2, 0) is 28.5 Å². The van der Waals surface area contributed by atoms with Crippen LogP contribution in [0.25, 0.3) is 0 Å². The van der Waals surface area contributed by atoms with Gasteiger partial charge in [0, 0.05) is 59.5 Å². The minimum Gasteiger partial charge on any atom is -0.382 e. The van der Waals surface area contributed by atoms with Crippen molar-refractivity contribution in [1.82, 2.24) is 15.1 Å². The first-order valence-corrected chi connectivity index (χ1v) is 9.85. The monoisotopic (exact) mass is 399 g/mol. The lowest BCUT2D eigenvalue weighted by Crippen LogP contribution is -2.45. The first-order valence-electron chi connectivity index (χ1n) is 9.85. The Labute approximate surface area is 169 Å². The van der Waals surface area contributed by atoms with Gasteiger partial charge in [-0.25, -0.2) is 0 Å². The molecule has 2 fully saturated rings. The highest BCUT2D eigenvalue weighted by Crippen LogP contribution is 2.24. The van der Waals surface area contributed by atoms with Crippen LogP contribution in [0.2, 0.25) is 0 Å². The van der Waals surface area contributed by atoms with Crippen molar-refractivity contribution in [3.8, 4) is 0 Å². The van der Waals surface area contributed by atoms with E-state index in [4.69, 9.17) is 31.5 Å². The quantitative estimate of drug-likeness (QED) is 0.308. The van der Waals surface area contributed by atoms with Crippen molar-refractivity contribution in [2.24, 2.45) is 0 Å². The molecule has 2 aliphatic heterocycles. The van der Waals surface area contributed by atoms with Gasteiger partial charge in [-0.3, -0.25) is 9.69 Å². The van der Waals surface area contributed by atoms with E-state index < -0.39 is 12.1 Å². The van der Waals surface area contributed by atoms with Crippen molar-refractivity contribution in [3.05, 3.63) is 0 Å². The van der Waals surface area contributed by atoms with Crippen LogP contribution in [-0.4, -0.2) is 135 Å². The zero-order valence-electron chi connectivity index (χ0n) is 17.3. The Morgan fingerprint density at radius 3 is 2.61 bits per heavy atom. The third kappa shape index (κ3) is 7.59. The summed E-state index contributed by atoms with van der Waals surface area (Å²) in [5.74, 6) is -0.222. The molecule has 2 saturated heterocycles. The molecule has 1 unspecified atom stereocenters. The fourth-order valence-corrected chi connectivity index (χ4v) is 3.38. The molecule has 28 heavy (non-hydrogen) atoms. The minimum absolute atomic E-state index is 0.109. The number of nitrogens with zero attached hydrogens (tertiary/aromatic N) is 2. The van der Waals surface area contributed by atoms with Gasteiger partial charge in [-0.1, -0.05) is 0 Å². The molecule has 0 bridgehead atoms. The predicted molar refractivity (Wildman–Crippen MR) is 105 cm³/mol. The van der Waals surface area contributed by atoms with Crippen molar-refractivity contribution in [1.29, 1.82) is 0 Å². The third-order valence-corrected chi connectivity index (χ3v) is 5.07. The molecule has 0 aromatic heterocycles. The Hall–Kier alpha value is -0.745. The van der Waals surface area contributed by atoms with Crippen LogP contribution in [0, 0.1) is 0 Å². The molecule has 0 spiro atoms. The normalized spacial score (nSPS) is 29.2. The summed E-state index contributed by atoms with van der Waals surface area (Å²) in [6, 6.07) is -0.657. The Morgan fingerprint density at radius 2 is 1.93 bits per heavy atom. The third-order valence-electron chi connectivity index (χ3n) is 5.07. The van der Waals surface area contributed by atoms with E-state index in [9.17, 15) is 4.79 Å². The molecule has 1 N–H and O–H groups in total. The van der Waals surface area contributed by atoms with E-state index in [1.54, 1.807) is 14.2 Å². The molecule has 0 aromatic carbocycles. The summed E-state index contributed by atoms with van der Waals surface area (Å²) in [7, 11) is 11.2. The molecule has 2 heterocycles. The summed E-state index contributed by atoms with van der Waals surface area (Å²) in [5, 5.41) is 2.78. The Bertz CT molecular complexity index is 453. The summed E-state index contributed by atoms with van der Waals surface area (Å²) in [6.45, 7) is 7.10. The maximum absolute atomic E-state index is 12.0. The first kappa shape index (κ1) is 23.5. The molecule has 0 aromatic rings. The van der Waals surface area contributed by atoms with Crippen molar-refractivity contribution in [3.63, 3.8) is 0 Å². The predicted octanol–water partition coefficient (Wildman–Crippen LogP) is -1.69. The van der Waals surface area contributed by atoms with Gasteiger partial charge >= 0.3 is 0 Å². The number of carbonyl (C=O) groups is 1. The van der Waals surface area contributed by atoms with Crippen molar-refractivity contribution < 1.29 is 28.5 Å². The van der Waals surface area contributed by atoms with Crippen LogP contribution >= 0.6 is 0 Å². The average molecular weight is 399 g/mol. The standard InChI is InChI=1S/C18H34BN3O6/c1-21-5-7-22(8-6-21)9-11-26-10-4-20-15(23)13-27-17-16(25-3)14(12-24-2)28-18(17)19/h14,16-18H,4-13H2,1-3H3,(H,20,23)/t14-,16?,17+,18-/m1/s1. The van der Waals surface area contributed by atoms with E-state index in [1.807, 2.05) is 0 Å². The first-order chi connectivity index (χ1) is 13.5. The van der Waals surface area contributed by atoms with Gasteiger partial charge in [0.15, 0.2) is 0 Å². The van der Waals surface area contributed by atoms with Crippen LogP contribution in [0.4, 0.5) is 0 Å². The highest BCUT2D eigenvalue weighted by Gasteiger charge is 2.43. The summed E-state index contributed by atoms with van der Waals surface area (Å²) in [5.41, 5.74) is 0. The van der Waals surface area contributed by atoms with E-state index in [2.05, 4.69) is 22.2 Å². The van der Waals surface area contributed by atoms with Crippen LogP contribution in [0.1, 0.15) is 0 Å². The number of hydrogen-bond donors (Lipinski definition) is 1. The summed E-state index contributed by atoms with van der Waals surface area (Å²) < 4.78 is 27.3. The summed E-state index contributed by atoms with van der Waals surface area (Å²) >= 11 is 0. The molecule has 1 amide bonds. The van der Waals surface area contributed by atoms with Crippen molar-refractivity contribution in [2.75, 3.05) is 87.0 Å². The van der Waals surface area contributed by atoms with E-state index in [0.29, 0.717) is 26.4 Å². The molecular formula is C18H34BN3O6. The number of likely N-dealkylation sites (N-methyl/N-ethyl adjacent to an activating group) is 1. The number of piperazine rings is 1. The van der Waals surface area contributed by atoms with Crippen LogP contribution < -0.4 is 5.32 Å². The fourth-order valence-electron chi connectivity index (χ4n) is 3.38. The second-order valence-corrected chi connectivity index (χ2v) is 7.18. The maximum Gasteiger partial charge on any atom is 0.246 e. The van der Waals surface area contributed by atoms with Crippen LogP contribution in [0.5, 0.6) is 0 Å². The van der Waals surface area contributed by atoms with E-state index in [1.165, 1.54) is 0 Å². The number of amides is 1. The molecule has 2 radical (unpaired) electrons. The molecule has 0 saturated carbocycles. The van der Waals surface area contributed by atoms with Gasteiger partial charge in [0.2, 0.25) is 5.91 Å². The molecular weight excluding hydrogens is 365 g/mol. The van der Waals surface area contributed by atoms with Gasteiger partial charge in [0.1, 0.15) is 32.8 Å². The van der Waals surface area contributed by atoms with Crippen LogP contribution in [0.3, 0.4) is 0 Å². The highest BCUT2D eigenvalue weighted by molar-refractivity contribution is 6.11. The zero-order chi connectivity index (χ0) is 20.4. The Morgan fingerprint density at radius 1 is 1.18 bits per heavy atom.